The first-order chi connectivity index (χ1) is 11.1. The number of rotatable bonds is 10. The second-order valence-electron chi connectivity index (χ2n) is 4.70. The zero-order chi connectivity index (χ0) is 19.3. The summed E-state index contributed by atoms with van der Waals surface area (Å²) < 4.78 is 0. The first kappa shape index (κ1) is 24.4. The van der Waals surface area contributed by atoms with Gasteiger partial charge >= 0.3 is 5.97 Å². The minimum Gasteiger partial charge on any atom is -0.480 e. The lowest BCUT2D eigenvalue weighted by Gasteiger charge is -2.19. The van der Waals surface area contributed by atoms with Gasteiger partial charge in [0.15, 0.2) is 11.7 Å². The highest BCUT2D eigenvalue weighted by atomic mass is 16.4. The molecule has 0 aliphatic rings. The van der Waals surface area contributed by atoms with Crippen molar-refractivity contribution in [3.05, 3.63) is 0 Å². The van der Waals surface area contributed by atoms with Crippen molar-refractivity contribution in [2.45, 2.75) is 37.2 Å². The quantitative estimate of drug-likeness (QED) is 0.102. The lowest BCUT2D eigenvalue weighted by Crippen LogP contribution is -2.44. The predicted octanol–water partition coefficient (Wildman–Crippen LogP) is -4.93. The van der Waals surface area contributed by atoms with E-state index in [0.29, 0.717) is 19.4 Å². The van der Waals surface area contributed by atoms with E-state index in [1.54, 1.807) is 0 Å². The molecule has 12 nitrogen and oxygen atoms in total. The van der Waals surface area contributed by atoms with Crippen LogP contribution in [0, 0.1) is 0 Å². The minimum atomic E-state index is -1.86. The highest BCUT2D eigenvalue weighted by molar-refractivity contribution is 5.84. The molecular formula is C12H26N4O8. The van der Waals surface area contributed by atoms with Crippen molar-refractivity contribution in [1.29, 1.82) is 0 Å². The third-order valence-electron chi connectivity index (χ3n) is 2.68. The Morgan fingerprint density at radius 3 is 2.00 bits per heavy atom. The van der Waals surface area contributed by atoms with Crippen LogP contribution in [0.25, 0.3) is 0 Å². The number of Topliss-reactive ketones (excluding diaryl/α,β-unsaturated/α-hetero) is 1. The predicted molar refractivity (Wildman–Crippen MR) is 82.7 cm³/mol. The number of hydrogen-bond donors (Lipinski definition) is 9. The van der Waals surface area contributed by atoms with Gasteiger partial charge in [0.2, 0.25) is 0 Å². The number of nitrogens with two attached hydrogens (primary N) is 3. The average Bonchev–Trinajstić information content (AvgIpc) is 2.55. The number of carboxylic acid groups (broad SMARTS) is 1. The SMILES string of the molecule is NC(N)=NCCCC(N)C(=O)O.O=C(CO)[C@@H](O)[C@H](O)[C@H](O)CO. The molecule has 0 saturated heterocycles. The van der Waals surface area contributed by atoms with Gasteiger partial charge in [-0.1, -0.05) is 0 Å². The van der Waals surface area contributed by atoms with Gasteiger partial charge in [-0.2, -0.15) is 0 Å². The van der Waals surface area contributed by atoms with Crippen LogP contribution in [0.5, 0.6) is 0 Å². The van der Waals surface area contributed by atoms with E-state index in [1.165, 1.54) is 0 Å². The van der Waals surface area contributed by atoms with Crippen molar-refractivity contribution in [3.63, 3.8) is 0 Å². The Morgan fingerprint density at radius 2 is 1.62 bits per heavy atom. The Morgan fingerprint density at radius 1 is 1.08 bits per heavy atom. The molecule has 0 bridgehead atoms. The molecule has 0 aromatic carbocycles. The van der Waals surface area contributed by atoms with Gasteiger partial charge in [-0.15, -0.1) is 0 Å². The van der Waals surface area contributed by atoms with Crippen LogP contribution in [0.4, 0.5) is 0 Å². The highest BCUT2D eigenvalue weighted by Crippen LogP contribution is 2.00. The van der Waals surface area contributed by atoms with Gasteiger partial charge in [-0.3, -0.25) is 14.6 Å². The van der Waals surface area contributed by atoms with E-state index >= 15 is 0 Å². The number of aliphatic imine (C=N–C) groups is 1. The first-order valence-electron chi connectivity index (χ1n) is 6.90. The number of nitrogens with zero attached hydrogens (tertiary/aromatic N) is 1. The summed E-state index contributed by atoms with van der Waals surface area (Å²) in [5.41, 5.74) is 15.3. The molecule has 0 aromatic rings. The summed E-state index contributed by atoms with van der Waals surface area (Å²) in [5.74, 6) is -1.99. The molecule has 0 aliphatic heterocycles. The molecule has 0 rings (SSSR count). The number of carbonyl (C=O) groups excluding carboxylic acids is 1. The molecule has 0 heterocycles. The molecule has 1 unspecified atom stereocenters. The highest BCUT2D eigenvalue weighted by Gasteiger charge is 2.28. The van der Waals surface area contributed by atoms with Crippen LogP contribution in [0.2, 0.25) is 0 Å². The van der Waals surface area contributed by atoms with E-state index < -0.39 is 49.3 Å². The molecule has 12 N–H and O–H groups in total. The summed E-state index contributed by atoms with van der Waals surface area (Å²) in [6.45, 7) is -1.27. The standard InChI is InChI=1S/C6H14N4O2.C6H12O6/c7-4(5(11)12)2-1-3-10-6(8)9;7-1-3(9)5(11)6(12)4(10)2-8/h4H,1-3,7H2,(H,11,12)(H4,8,9,10);3,5-9,11-12H,1-2H2/t;3-,5-,6-/m.1/s1. The maximum atomic E-state index is 10.5. The molecule has 0 spiro atoms. The number of hydrogen-bond acceptors (Lipinski definition) is 9. The van der Waals surface area contributed by atoms with Gasteiger partial charge in [0.05, 0.1) is 6.61 Å². The molecule has 0 fully saturated rings. The summed E-state index contributed by atoms with van der Waals surface area (Å²) in [6, 6.07) is -0.820. The summed E-state index contributed by atoms with van der Waals surface area (Å²) in [7, 11) is 0. The van der Waals surface area contributed by atoms with Gasteiger partial charge < -0.3 is 47.8 Å². The van der Waals surface area contributed by atoms with E-state index in [4.69, 9.17) is 47.8 Å². The maximum absolute atomic E-state index is 10.5. The van der Waals surface area contributed by atoms with Crippen LogP contribution in [-0.4, -0.2) is 92.5 Å². The molecule has 24 heavy (non-hydrogen) atoms. The average molecular weight is 354 g/mol. The van der Waals surface area contributed by atoms with Crippen LogP contribution in [0.1, 0.15) is 12.8 Å². The van der Waals surface area contributed by atoms with E-state index in [2.05, 4.69) is 4.99 Å². The van der Waals surface area contributed by atoms with Crippen molar-refractivity contribution in [1.82, 2.24) is 0 Å². The number of aliphatic hydroxyl groups is 5. The summed E-state index contributed by atoms with van der Waals surface area (Å²) in [6.07, 6.45) is -4.26. The normalized spacial score (nSPS) is 15.2. The van der Waals surface area contributed by atoms with Crippen LogP contribution in [0.15, 0.2) is 4.99 Å². The van der Waals surface area contributed by atoms with E-state index in [-0.39, 0.29) is 5.96 Å². The van der Waals surface area contributed by atoms with Gasteiger partial charge in [0.1, 0.15) is 31.0 Å². The number of carbonyl (C=O) groups is 2. The van der Waals surface area contributed by atoms with Crippen LogP contribution >= 0.6 is 0 Å². The van der Waals surface area contributed by atoms with Crippen molar-refractivity contribution in [2.75, 3.05) is 19.8 Å². The van der Waals surface area contributed by atoms with Gasteiger partial charge in [0, 0.05) is 6.54 Å². The molecule has 0 aliphatic carbocycles. The fraction of sp³-hybridized carbons (Fsp3) is 0.750. The number of carboxylic acids is 1. The topological polar surface area (TPSA) is 246 Å². The van der Waals surface area contributed by atoms with Crippen molar-refractivity contribution >= 4 is 17.7 Å². The Labute approximate surface area is 138 Å². The smallest absolute Gasteiger partial charge is 0.320 e. The molecular weight excluding hydrogens is 328 g/mol. The first-order valence-corrected chi connectivity index (χ1v) is 6.90. The summed E-state index contributed by atoms with van der Waals surface area (Å²) >= 11 is 0. The van der Waals surface area contributed by atoms with E-state index in [9.17, 15) is 9.59 Å². The monoisotopic (exact) mass is 354 g/mol. The lowest BCUT2D eigenvalue weighted by molar-refractivity contribution is -0.142. The van der Waals surface area contributed by atoms with Crippen molar-refractivity contribution < 1.29 is 40.2 Å². The molecule has 0 aromatic heterocycles. The Hall–Kier alpha value is -1.83. The third kappa shape index (κ3) is 11.7. The van der Waals surface area contributed by atoms with Crippen LogP contribution < -0.4 is 17.2 Å². The second-order valence-corrected chi connectivity index (χ2v) is 4.70. The van der Waals surface area contributed by atoms with E-state index in [0.717, 1.165) is 0 Å². The van der Waals surface area contributed by atoms with Gasteiger partial charge in [0.25, 0.3) is 0 Å². The van der Waals surface area contributed by atoms with E-state index in [1.807, 2.05) is 0 Å². The summed E-state index contributed by atoms with van der Waals surface area (Å²) in [4.78, 5) is 24.4. The number of guanidine groups is 1. The Balaban J connectivity index is 0. The van der Waals surface area contributed by atoms with Crippen molar-refractivity contribution in [2.24, 2.45) is 22.2 Å². The molecule has 0 radical (unpaired) electrons. The summed E-state index contributed by atoms with van der Waals surface area (Å²) in [5, 5.41) is 51.4. The van der Waals surface area contributed by atoms with Gasteiger partial charge in [-0.05, 0) is 12.8 Å². The molecule has 0 amide bonds. The molecule has 0 saturated carbocycles. The zero-order valence-electron chi connectivity index (χ0n) is 13.0. The van der Waals surface area contributed by atoms with Gasteiger partial charge in [-0.25, -0.2) is 0 Å². The fourth-order valence-electron chi connectivity index (χ4n) is 1.25. The number of ketones is 1. The largest absolute Gasteiger partial charge is 0.480 e. The molecule has 142 valence electrons. The Kier molecular flexibility index (Phi) is 13.8. The van der Waals surface area contributed by atoms with Crippen LogP contribution in [-0.2, 0) is 9.59 Å². The minimum absolute atomic E-state index is 0.0129. The number of aliphatic carboxylic acids is 1. The van der Waals surface area contributed by atoms with Crippen molar-refractivity contribution in [3.8, 4) is 0 Å². The second kappa shape index (κ2) is 13.6. The molecule has 4 atom stereocenters. The fourth-order valence-corrected chi connectivity index (χ4v) is 1.25. The zero-order valence-corrected chi connectivity index (χ0v) is 13.0. The third-order valence-corrected chi connectivity index (χ3v) is 2.68. The Bertz CT molecular complexity index is 403. The maximum Gasteiger partial charge on any atom is 0.320 e. The number of aliphatic hydroxyl groups excluding tert-OH is 5. The van der Waals surface area contributed by atoms with Crippen LogP contribution in [0.3, 0.4) is 0 Å². The molecule has 12 heteroatoms. The lowest BCUT2D eigenvalue weighted by atomic mass is 10.1.